The van der Waals surface area contributed by atoms with Gasteiger partial charge in [-0.25, -0.2) is 0 Å². The van der Waals surface area contributed by atoms with Gasteiger partial charge in [-0.15, -0.1) is 12.4 Å². The Morgan fingerprint density at radius 3 is 2.89 bits per heavy atom. The summed E-state index contributed by atoms with van der Waals surface area (Å²) in [6.45, 7) is 5.96. The van der Waals surface area contributed by atoms with E-state index in [1.54, 1.807) is 0 Å². The van der Waals surface area contributed by atoms with Crippen LogP contribution in [0.5, 0.6) is 0 Å². The lowest BCUT2D eigenvalue weighted by Gasteiger charge is -2.38. The lowest BCUT2D eigenvalue weighted by atomic mass is 10.1. The molecular weight excluding hydrogens is 375 g/mol. The van der Waals surface area contributed by atoms with Crippen LogP contribution in [0, 0.1) is 3.57 Å². The predicted molar refractivity (Wildman–Crippen MR) is 88.8 cm³/mol. The van der Waals surface area contributed by atoms with Crippen molar-refractivity contribution in [1.29, 1.82) is 0 Å². The molecule has 1 fully saturated rings. The molecule has 2 rings (SSSR count). The predicted octanol–water partition coefficient (Wildman–Crippen LogP) is 2.46. The van der Waals surface area contributed by atoms with Crippen molar-refractivity contribution in [3.05, 3.63) is 33.4 Å². The first kappa shape index (κ1) is 16.7. The van der Waals surface area contributed by atoms with Crippen molar-refractivity contribution in [2.45, 2.75) is 32.4 Å². The second-order valence-electron chi connectivity index (χ2n) is 4.88. The third-order valence-corrected chi connectivity index (χ3v) is 4.27. The molecule has 3 nitrogen and oxygen atoms in total. The monoisotopic (exact) mass is 394 g/mol. The van der Waals surface area contributed by atoms with Gasteiger partial charge < -0.3 is 10.2 Å². The van der Waals surface area contributed by atoms with E-state index < -0.39 is 0 Å². The zero-order chi connectivity index (χ0) is 13.1. The average Bonchev–Trinajstić information content (AvgIpc) is 2.32. The van der Waals surface area contributed by atoms with Gasteiger partial charge in [-0.3, -0.25) is 4.79 Å². The van der Waals surface area contributed by atoms with Crippen LogP contribution in [0.25, 0.3) is 0 Å². The lowest BCUT2D eigenvalue weighted by molar-refractivity contribution is -0.134. The normalized spacial score (nSPS) is 22.8. The molecule has 19 heavy (non-hydrogen) atoms. The molecule has 0 aliphatic carbocycles. The summed E-state index contributed by atoms with van der Waals surface area (Å²) in [6, 6.07) is 8.80. The number of hydrogen-bond donors (Lipinski definition) is 1. The third-order valence-electron chi connectivity index (χ3n) is 3.60. The van der Waals surface area contributed by atoms with Crippen LogP contribution in [-0.2, 0) is 11.2 Å². The largest absolute Gasteiger partial charge is 0.337 e. The smallest absolute Gasteiger partial charge is 0.227 e. The molecule has 1 heterocycles. The first-order chi connectivity index (χ1) is 8.58. The molecule has 0 radical (unpaired) electrons. The standard InChI is InChI=1S/C14H19IN2O.ClH/c1-10-11(2)17(7-6-16-10)14(18)9-12-4-3-5-13(15)8-12;/h3-5,8,10-11,16H,6-7,9H2,1-2H3;1H. The van der Waals surface area contributed by atoms with E-state index >= 15 is 0 Å². The average molecular weight is 395 g/mol. The molecule has 1 aliphatic rings. The number of nitrogens with one attached hydrogen (secondary N) is 1. The summed E-state index contributed by atoms with van der Waals surface area (Å²) in [5, 5.41) is 3.39. The van der Waals surface area contributed by atoms with Gasteiger partial charge in [0.1, 0.15) is 0 Å². The topological polar surface area (TPSA) is 32.3 Å². The Kier molecular flexibility index (Phi) is 6.56. The van der Waals surface area contributed by atoms with Crippen molar-refractivity contribution < 1.29 is 4.79 Å². The summed E-state index contributed by atoms with van der Waals surface area (Å²) in [4.78, 5) is 14.3. The highest BCUT2D eigenvalue weighted by molar-refractivity contribution is 14.1. The van der Waals surface area contributed by atoms with Crippen LogP contribution in [0.4, 0.5) is 0 Å². The summed E-state index contributed by atoms with van der Waals surface area (Å²) >= 11 is 2.28. The second kappa shape index (κ2) is 7.45. The summed E-state index contributed by atoms with van der Waals surface area (Å²) in [5.41, 5.74) is 1.10. The first-order valence-corrected chi connectivity index (χ1v) is 7.43. The minimum absolute atomic E-state index is 0. The zero-order valence-electron chi connectivity index (χ0n) is 11.2. The van der Waals surface area contributed by atoms with Crippen molar-refractivity contribution in [2.75, 3.05) is 13.1 Å². The van der Waals surface area contributed by atoms with Crippen LogP contribution >= 0.6 is 35.0 Å². The van der Waals surface area contributed by atoms with E-state index in [-0.39, 0.29) is 24.4 Å². The van der Waals surface area contributed by atoms with Gasteiger partial charge in [0.2, 0.25) is 5.91 Å². The molecule has 1 amide bonds. The summed E-state index contributed by atoms with van der Waals surface area (Å²) < 4.78 is 1.18. The lowest BCUT2D eigenvalue weighted by Crippen LogP contribution is -2.57. The number of benzene rings is 1. The molecule has 1 aromatic rings. The Bertz CT molecular complexity index is 441. The van der Waals surface area contributed by atoms with Gasteiger partial charge in [0.25, 0.3) is 0 Å². The molecule has 0 saturated carbocycles. The molecule has 1 N–H and O–H groups in total. The molecular formula is C14H20ClIN2O. The molecule has 0 bridgehead atoms. The fraction of sp³-hybridized carbons (Fsp3) is 0.500. The molecule has 5 heteroatoms. The summed E-state index contributed by atoms with van der Waals surface area (Å²) in [7, 11) is 0. The first-order valence-electron chi connectivity index (χ1n) is 6.35. The second-order valence-corrected chi connectivity index (χ2v) is 6.12. The molecule has 106 valence electrons. The van der Waals surface area contributed by atoms with Crippen LogP contribution in [0.1, 0.15) is 19.4 Å². The van der Waals surface area contributed by atoms with E-state index in [0.717, 1.165) is 18.7 Å². The van der Waals surface area contributed by atoms with Crippen molar-refractivity contribution in [1.82, 2.24) is 10.2 Å². The van der Waals surface area contributed by atoms with Crippen LogP contribution in [-0.4, -0.2) is 36.0 Å². The Morgan fingerprint density at radius 2 is 2.21 bits per heavy atom. The van der Waals surface area contributed by atoms with E-state index in [9.17, 15) is 4.79 Å². The Hall–Kier alpha value is -0.330. The fourth-order valence-corrected chi connectivity index (χ4v) is 2.94. The van der Waals surface area contributed by atoms with Crippen LogP contribution in [0.3, 0.4) is 0 Å². The molecule has 2 unspecified atom stereocenters. The minimum atomic E-state index is 0. The highest BCUT2D eigenvalue weighted by Gasteiger charge is 2.27. The van der Waals surface area contributed by atoms with Gasteiger partial charge >= 0.3 is 0 Å². The highest BCUT2D eigenvalue weighted by atomic mass is 127. The van der Waals surface area contributed by atoms with E-state index in [1.165, 1.54) is 3.57 Å². The van der Waals surface area contributed by atoms with Gasteiger partial charge in [-0.2, -0.15) is 0 Å². The quantitative estimate of drug-likeness (QED) is 0.782. The van der Waals surface area contributed by atoms with Gasteiger partial charge in [-0.1, -0.05) is 12.1 Å². The van der Waals surface area contributed by atoms with Gasteiger partial charge in [0.05, 0.1) is 6.42 Å². The summed E-state index contributed by atoms with van der Waals surface area (Å²) in [6.07, 6.45) is 0.508. The van der Waals surface area contributed by atoms with Crippen LogP contribution < -0.4 is 5.32 Å². The summed E-state index contributed by atoms with van der Waals surface area (Å²) in [5.74, 6) is 0.234. The number of carbonyl (C=O) groups excluding carboxylic acids is 1. The molecule has 2 atom stereocenters. The third kappa shape index (κ3) is 4.33. The number of hydrogen-bond acceptors (Lipinski definition) is 2. The number of piperazine rings is 1. The zero-order valence-corrected chi connectivity index (χ0v) is 14.2. The number of nitrogens with zero attached hydrogens (tertiary/aromatic N) is 1. The molecule has 0 spiro atoms. The number of amides is 1. The van der Waals surface area contributed by atoms with Gasteiger partial charge in [0, 0.05) is 28.7 Å². The van der Waals surface area contributed by atoms with Gasteiger partial charge in [-0.05, 0) is 54.1 Å². The SMILES string of the molecule is CC1NCCN(C(=O)Cc2cccc(I)c2)C1C.Cl. The minimum Gasteiger partial charge on any atom is -0.337 e. The van der Waals surface area contributed by atoms with Crippen molar-refractivity contribution >= 4 is 40.9 Å². The molecule has 1 aromatic carbocycles. The fourth-order valence-electron chi connectivity index (χ4n) is 2.33. The molecule has 1 saturated heterocycles. The van der Waals surface area contributed by atoms with E-state index in [4.69, 9.17) is 0 Å². The number of carbonyl (C=O) groups is 1. The number of halogens is 2. The Balaban J connectivity index is 0.00000180. The van der Waals surface area contributed by atoms with E-state index in [0.29, 0.717) is 12.5 Å². The maximum absolute atomic E-state index is 12.3. The molecule has 0 aromatic heterocycles. The maximum Gasteiger partial charge on any atom is 0.227 e. The maximum atomic E-state index is 12.3. The Labute approximate surface area is 134 Å². The van der Waals surface area contributed by atoms with Crippen LogP contribution in [0.15, 0.2) is 24.3 Å². The van der Waals surface area contributed by atoms with E-state index in [1.807, 2.05) is 23.1 Å². The highest BCUT2D eigenvalue weighted by Crippen LogP contribution is 2.13. The van der Waals surface area contributed by atoms with Crippen LogP contribution in [0.2, 0.25) is 0 Å². The molecule has 1 aliphatic heterocycles. The Morgan fingerprint density at radius 1 is 1.47 bits per heavy atom. The van der Waals surface area contributed by atoms with Crippen molar-refractivity contribution in [2.24, 2.45) is 0 Å². The van der Waals surface area contributed by atoms with E-state index in [2.05, 4.69) is 47.8 Å². The van der Waals surface area contributed by atoms with Crippen molar-refractivity contribution in [3.63, 3.8) is 0 Å². The van der Waals surface area contributed by atoms with Crippen molar-refractivity contribution in [3.8, 4) is 0 Å². The van der Waals surface area contributed by atoms with Gasteiger partial charge in [0.15, 0.2) is 0 Å². The number of rotatable bonds is 2.